The molecular formula is C31H44FN7O2. The number of carbonyl (C=O) groups excluding carboxylic acids is 2. The number of amides is 2. The summed E-state index contributed by atoms with van der Waals surface area (Å²) in [6, 6.07) is 5.05. The summed E-state index contributed by atoms with van der Waals surface area (Å²) in [6.07, 6.45) is 5.23. The van der Waals surface area contributed by atoms with Crippen molar-refractivity contribution in [3.8, 4) is 0 Å². The highest BCUT2D eigenvalue weighted by Gasteiger charge is 2.27. The lowest BCUT2D eigenvalue weighted by Crippen LogP contribution is -2.54. The predicted molar refractivity (Wildman–Crippen MR) is 160 cm³/mol. The van der Waals surface area contributed by atoms with Crippen LogP contribution in [0.4, 0.5) is 4.39 Å². The van der Waals surface area contributed by atoms with Crippen LogP contribution in [0.15, 0.2) is 41.5 Å². The van der Waals surface area contributed by atoms with Gasteiger partial charge in [-0.2, -0.15) is 5.10 Å². The Morgan fingerprint density at radius 1 is 1.05 bits per heavy atom. The van der Waals surface area contributed by atoms with Crippen molar-refractivity contribution in [1.82, 2.24) is 30.3 Å². The number of benzene rings is 1. The Labute approximate surface area is 243 Å². The molecule has 5 rings (SSSR count). The lowest BCUT2D eigenvalue weighted by Gasteiger charge is -2.40. The van der Waals surface area contributed by atoms with Crippen molar-refractivity contribution in [2.24, 2.45) is 11.0 Å². The largest absolute Gasteiger partial charge is 0.368 e. The molecule has 4 aliphatic heterocycles. The Balaban J connectivity index is 1.09. The van der Waals surface area contributed by atoms with E-state index in [-0.39, 0.29) is 17.6 Å². The zero-order valence-corrected chi connectivity index (χ0v) is 24.3. The van der Waals surface area contributed by atoms with E-state index in [1.54, 1.807) is 6.07 Å². The van der Waals surface area contributed by atoms with Gasteiger partial charge in [0.15, 0.2) is 0 Å². The maximum atomic E-state index is 14.9. The fourth-order valence-corrected chi connectivity index (χ4v) is 6.28. The Hall–Kier alpha value is -3.08. The van der Waals surface area contributed by atoms with Gasteiger partial charge in [-0.25, -0.2) is 9.82 Å². The van der Waals surface area contributed by atoms with Gasteiger partial charge in [-0.05, 0) is 62.0 Å². The molecule has 0 spiro atoms. The van der Waals surface area contributed by atoms with Crippen molar-refractivity contribution >= 4 is 23.2 Å². The van der Waals surface area contributed by atoms with Gasteiger partial charge < -0.3 is 20.0 Å². The van der Waals surface area contributed by atoms with Crippen molar-refractivity contribution in [3.05, 3.63) is 53.4 Å². The van der Waals surface area contributed by atoms with Crippen LogP contribution in [0.25, 0.3) is 5.70 Å². The molecule has 2 amide bonds. The van der Waals surface area contributed by atoms with E-state index in [1.165, 1.54) is 25.5 Å². The maximum absolute atomic E-state index is 14.9. The molecule has 0 bridgehead atoms. The molecule has 4 aliphatic rings. The SMILES string of the molecule is C=C(c1cc(CC2=NNC(=O)C/C2=C\C)ccc1F)N1CCN(C(=O)CN2CCN(CC3CCNCC3)CC2)CC1. The summed E-state index contributed by atoms with van der Waals surface area (Å²) in [6.45, 7) is 16.5. The third-order valence-electron chi connectivity index (χ3n) is 8.91. The molecule has 9 nitrogen and oxygen atoms in total. The van der Waals surface area contributed by atoms with Gasteiger partial charge in [0.05, 0.1) is 18.7 Å². The van der Waals surface area contributed by atoms with E-state index in [4.69, 9.17) is 0 Å². The monoisotopic (exact) mass is 565 g/mol. The number of hydrogen-bond donors (Lipinski definition) is 2. The molecule has 0 unspecified atom stereocenters. The molecular weight excluding hydrogens is 521 g/mol. The van der Waals surface area contributed by atoms with E-state index in [1.807, 2.05) is 24.0 Å². The lowest BCUT2D eigenvalue weighted by molar-refractivity contribution is -0.134. The molecule has 2 N–H and O–H groups in total. The minimum absolute atomic E-state index is 0.127. The molecule has 10 heteroatoms. The van der Waals surface area contributed by atoms with E-state index in [0.29, 0.717) is 56.8 Å². The van der Waals surface area contributed by atoms with Gasteiger partial charge in [0.1, 0.15) is 5.82 Å². The molecule has 0 atom stereocenters. The number of piperidine rings is 1. The molecule has 41 heavy (non-hydrogen) atoms. The molecule has 4 heterocycles. The second-order valence-electron chi connectivity index (χ2n) is 11.7. The van der Waals surface area contributed by atoms with Gasteiger partial charge in [0.2, 0.25) is 11.8 Å². The molecule has 222 valence electrons. The molecule has 3 fully saturated rings. The quantitative estimate of drug-likeness (QED) is 0.501. The van der Waals surface area contributed by atoms with Crippen LogP contribution in [-0.4, -0.2) is 116 Å². The number of carbonyl (C=O) groups is 2. The van der Waals surface area contributed by atoms with Crippen LogP contribution in [0.2, 0.25) is 0 Å². The summed E-state index contributed by atoms with van der Waals surface area (Å²) < 4.78 is 14.9. The van der Waals surface area contributed by atoms with Gasteiger partial charge in [-0.1, -0.05) is 18.7 Å². The van der Waals surface area contributed by atoms with Crippen LogP contribution in [0, 0.1) is 11.7 Å². The maximum Gasteiger partial charge on any atom is 0.244 e. The normalized spacial score (nSPS) is 22.5. The van der Waals surface area contributed by atoms with Crippen molar-refractivity contribution in [2.75, 3.05) is 78.5 Å². The smallest absolute Gasteiger partial charge is 0.244 e. The highest BCUT2D eigenvalue weighted by Crippen LogP contribution is 2.25. The number of hydrogen-bond acceptors (Lipinski definition) is 7. The molecule has 1 aromatic rings. The van der Waals surface area contributed by atoms with Crippen molar-refractivity contribution in [3.63, 3.8) is 0 Å². The Morgan fingerprint density at radius 2 is 1.73 bits per heavy atom. The summed E-state index contributed by atoms with van der Waals surface area (Å²) in [7, 11) is 0. The summed E-state index contributed by atoms with van der Waals surface area (Å²) >= 11 is 0. The number of halogens is 1. The van der Waals surface area contributed by atoms with Gasteiger partial charge in [0.25, 0.3) is 0 Å². The van der Waals surface area contributed by atoms with Crippen LogP contribution < -0.4 is 10.7 Å². The Kier molecular flexibility index (Phi) is 9.84. The Bertz CT molecular complexity index is 1180. The lowest BCUT2D eigenvalue weighted by atomic mass is 9.96. The number of rotatable bonds is 8. The zero-order chi connectivity index (χ0) is 28.8. The first-order chi connectivity index (χ1) is 19.9. The summed E-state index contributed by atoms with van der Waals surface area (Å²) in [5.74, 6) is 0.531. The summed E-state index contributed by atoms with van der Waals surface area (Å²) in [5, 5.41) is 7.66. The first-order valence-corrected chi connectivity index (χ1v) is 15.1. The van der Waals surface area contributed by atoms with Crippen LogP contribution in [0.3, 0.4) is 0 Å². The van der Waals surface area contributed by atoms with E-state index >= 15 is 0 Å². The fraction of sp³-hybridized carbons (Fsp3) is 0.581. The second-order valence-corrected chi connectivity index (χ2v) is 11.7. The molecule has 0 saturated carbocycles. The number of piperazine rings is 2. The first kappa shape index (κ1) is 29.4. The van der Waals surface area contributed by atoms with E-state index in [9.17, 15) is 14.0 Å². The van der Waals surface area contributed by atoms with Crippen LogP contribution in [0.1, 0.15) is 37.3 Å². The van der Waals surface area contributed by atoms with E-state index in [2.05, 4.69) is 37.1 Å². The van der Waals surface area contributed by atoms with Crippen molar-refractivity contribution < 1.29 is 14.0 Å². The third-order valence-corrected chi connectivity index (χ3v) is 8.91. The van der Waals surface area contributed by atoms with Crippen LogP contribution >= 0.6 is 0 Å². The summed E-state index contributed by atoms with van der Waals surface area (Å²) in [4.78, 5) is 33.6. The van der Waals surface area contributed by atoms with E-state index < -0.39 is 0 Å². The highest BCUT2D eigenvalue weighted by atomic mass is 19.1. The number of nitrogens with one attached hydrogen (secondary N) is 2. The van der Waals surface area contributed by atoms with Gasteiger partial charge >= 0.3 is 0 Å². The van der Waals surface area contributed by atoms with Gasteiger partial charge in [0, 0.05) is 76.6 Å². The average Bonchev–Trinajstić information content (AvgIpc) is 3.00. The zero-order valence-electron chi connectivity index (χ0n) is 24.3. The minimum atomic E-state index is -0.318. The molecule has 0 aromatic heterocycles. The van der Waals surface area contributed by atoms with Crippen molar-refractivity contribution in [2.45, 2.75) is 32.6 Å². The van der Waals surface area contributed by atoms with Gasteiger partial charge in [-0.3, -0.25) is 14.5 Å². The fourth-order valence-electron chi connectivity index (χ4n) is 6.28. The second kappa shape index (κ2) is 13.7. The van der Waals surface area contributed by atoms with Crippen molar-refractivity contribution in [1.29, 1.82) is 0 Å². The highest BCUT2D eigenvalue weighted by molar-refractivity contribution is 6.07. The van der Waals surface area contributed by atoms with Crippen LogP contribution in [0.5, 0.6) is 0 Å². The average molecular weight is 566 g/mol. The standard InChI is InChI=1S/C31H44FN7O2/c1-3-26-20-30(40)35-34-29(26)19-25-4-5-28(32)27(18-25)23(2)38-14-16-39(17-15-38)31(41)22-37-12-10-36(11-13-37)21-24-6-8-33-9-7-24/h3-5,18,24,33H,2,6-17,19-22H2,1H3,(H,35,40)/b26-3+. The number of allylic oxidation sites excluding steroid dienone is 1. The molecule has 3 saturated heterocycles. The number of nitrogens with zero attached hydrogens (tertiary/aromatic N) is 5. The Morgan fingerprint density at radius 3 is 2.44 bits per heavy atom. The molecule has 0 radical (unpaired) electrons. The van der Waals surface area contributed by atoms with Gasteiger partial charge in [-0.15, -0.1) is 0 Å². The molecule has 1 aromatic carbocycles. The minimum Gasteiger partial charge on any atom is -0.368 e. The third kappa shape index (κ3) is 7.61. The van der Waals surface area contributed by atoms with E-state index in [0.717, 1.165) is 62.0 Å². The predicted octanol–water partition coefficient (Wildman–Crippen LogP) is 1.92. The topological polar surface area (TPSA) is 83.5 Å². The van der Waals surface area contributed by atoms with Crippen LogP contribution in [-0.2, 0) is 16.0 Å². The molecule has 0 aliphatic carbocycles. The first-order valence-electron chi connectivity index (χ1n) is 15.1. The number of hydrazone groups is 1. The summed E-state index contributed by atoms with van der Waals surface area (Å²) in [5.41, 5.74) is 6.21.